The quantitative estimate of drug-likeness (QED) is 0.0824. The lowest BCUT2D eigenvalue weighted by atomic mass is 9.93. The first-order valence-corrected chi connectivity index (χ1v) is 13.3. The first-order valence-electron chi connectivity index (χ1n) is 13.3. The van der Waals surface area contributed by atoms with Crippen molar-refractivity contribution < 1.29 is 119 Å². The van der Waals surface area contributed by atoms with Crippen molar-refractivity contribution in [3.63, 3.8) is 0 Å². The van der Waals surface area contributed by atoms with Gasteiger partial charge in [0.1, 0.15) is 0 Å². The van der Waals surface area contributed by atoms with Gasteiger partial charge in [-0.25, -0.2) is 47.9 Å². The molecule has 25 heteroatoms. The second-order valence-electron chi connectivity index (χ2n) is 9.19. The van der Waals surface area contributed by atoms with Crippen LogP contribution >= 0.6 is 0 Å². The van der Waals surface area contributed by atoms with E-state index in [1.165, 1.54) is 0 Å². The van der Waals surface area contributed by atoms with E-state index in [0.29, 0.717) is 64.0 Å². The number of hydrogen-bond donors (Lipinski definition) is 1. The van der Waals surface area contributed by atoms with Crippen molar-refractivity contribution in [3.8, 4) is 0 Å². The molecule has 0 aromatic carbocycles. The molecule has 1 N–H and O–H groups in total. The van der Waals surface area contributed by atoms with Crippen LogP contribution in [-0.2, 0) is 114 Å². The third-order valence-electron chi connectivity index (χ3n) is 6.29. The average molecular weight is 757 g/mol. The van der Waals surface area contributed by atoms with E-state index in [4.69, 9.17) is 0 Å². The van der Waals surface area contributed by atoms with Crippen LogP contribution in [0.15, 0.2) is 0 Å². The zero-order chi connectivity index (χ0) is 40.8. The normalized spacial score (nSPS) is 11.2. The van der Waals surface area contributed by atoms with Crippen LogP contribution in [0.4, 0.5) is 0 Å². The molecule has 0 radical (unpaired) electrons. The maximum atomic E-state index is 13.6. The third kappa shape index (κ3) is 8.48. The van der Waals surface area contributed by atoms with Crippen LogP contribution in [0.1, 0.15) is 12.8 Å². The molecule has 0 saturated heterocycles. The minimum absolute atomic E-state index is 0.551. The number of methoxy groups -OCH3 is 9. The number of rotatable bonds is 17. The average Bonchev–Trinajstić information content (AvgIpc) is 3.14. The Morgan fingerprint density at radius 2 is 0.500 bits per heavy atom. The molecule has 52 heavy (non-hydrogen) atoms. The molecule has 0 spiro atoms. The summed E-state index contributed by atoms with van der Waals surface area (Å²) in [6.07, 6.45) is -4.26. The summed E-state index contributed by atoms with van der Waals surface area (Å²) >= 11 is 0. The molecule has 290 valence electrons. The largest absolute Gasteiger partial charge is 0.465 e. The summed E-state index contributed by atoms with van der Waals surface area (Å²) in [5.74, 6) is -25.2. The highest BCUT2D eigenvalue weighted by molar-refractivity contribution is 6.25. The van der Waals surface area contributed by atoms with E-state index in [1.807, 2.05) is 0 Å². The van der Waals surface area contributed by atoms with Crippen molar-refractivity contribution in [1.29, 1.82) is 0 Å². The van der Waals surface area contributed by atoms with Crippen molar-refractivity contribution in [1.82, 2.24) is 0 Å². The van der Waals surface area contributed by atoms with Crippen molar-refractivity contribution in [2.75, 3.05) is 64.0 Å². The van der Waals surface area contributed by atoms with Gasteiger partial charge in [0.2, 0.25) is 0 Å². The fraction of sp³-hybridized carbons (Fsp3) is 0.556. The van der Waals surface area contributed by atoms with Crippen LogP contribution in [0.5, 0.6) is 0 Å². The topological polar surface area (TPSA) is 336 Å². The van der Waals surface area contributed by atoms with Gasteiger partial charge in [-0.1, -0.05) is 0 Å². The maximum Gasteiger partial charge on any atom is 0.400 e. The predicted molar refractivity (Wildman–Crippen MR) is 149 cm³/mol. The van der Waals surface area contributed by atoms with Gasteiger partial charge < -0.3 is 61.9 Å². The van der Waals surface area contributed by atoms with Crippen LogP contribution in [0.3, 0.4) is 0 Å². The van der Waals surface area contributed by atoms with Gasteiger partial charge in [-0.05, 0) is 0 Å². The molecule has 0 atom stereocenters. The maximum absolute atomic E-state index is 13.6. The Morgan fingerprint density at radius 1 is 0.327 bits per heavy atom. The van der Waals surface area contributed by atoms with E-state index in [0.717, 1.165) is 0 Å². The molecule has 0 aliphatic carbocycles. The Balaban J connectivity index is 7.70. The molecule has 0 fully saturated rings. The van der Waals surface area contributed by atoms with Crippen molar-refractivity contribution in [3.05, 3.63) is 0 Å². The van der Waals surface area contributed by atoms with E-state index in [2.05, 4.69) is 56.8 Å². The van der Waals surface area contributed by atoms with Crippen molar-refractivity contribution in [2.45, 2.75) is 35.2 Å². The molecule has 0 rings (SSSR count). The van der Waals surface area contributed by atoms with E-state index >= 15 is 0 Å². The van der Waals surface area contributed by atoms with Crippen LogP contribution in [0.2, 0.25) is 0 Å². The van der Waals surface area contributed by atoms with Gasteiger partial charge in [0.25, 0.3) is 0 Å². The van der Waals surface area contributed by atoms with Crippen molar-refractivity contribution >= 4 is 71.6 Å². The van der Waals surface area contributed by atoms with E-state index in [9.17, 15) is 62.6 Å². The van der Waals surface area contributed by atoms with Gasteiger partial charge in [-0.2, -0.15) is 0 Å². The molecule has 0 aliphatic rings. The molecule has 25 nitrogen and oxygen atoms in total. The summed E-state index contributed by atoms with van der Waals surface area (Å²) in [7, 11) is 5.17. The fourth-order valence-electron chi connectivity index (χ4n) is 3.75. The second kappa shape index (κ2) is 18.6. The molecular weight excluding hydrogens is 724 g/mol. The highest BCUT2D eigenvalue weighted by Gasteiger charge is 2.66. The zero-order valence-electron chi connectivity index (χ0n) is 28.7. The number of hydrogen-bond acceptors (Lipinski definition) is 25. The van der Waals surface area contributed by atoms with Crippen LogP contribution in [-0.4, -0.2) is 163 Å². The lowest BCUT2D eigenvalue weighted by molar-refractivity contribution is -0.216. The lowest BCUT2D eigenvalue weighted by Gasteiger charge is -2.32. The highest BCUT2D eigenvalue weighted by Crippen LogP contribution is 2.30. The Hall–Kier alpha value is -6.40. The van der Waals surface area contributed by atoms with E-state index in [1.54, 1.807) is 0 Å². The first-order chi connectivity index (χ1) is 24.2. The summed E-state index contributed by atoms with van der Waals surface area (Å²) < 4.78 is 52.7. The third-order valence-corrected chi connectivity index (χ3v) is 6.29. The lowest BCUT2D eigenvalue weighted by Crippen LogP contribution is -2.62. The molecule has 0 aromatic rings. The number of aliphatic hydroxyl groups is 1. The molecule has 0 bridgehead atoms. The minimum atomic E-state index is -4.03. The Labute approximate surface area is 290 Å². The van der Waals surface area contributed by atoms with Gasteiger partial charge in [0.15, 0.2) is 5.60 Å². The zero-order valence-corrected chi connectivity index (χ0v) is 28.7. The van der Waals surface area contributed by atoms with Crippen LogP contribution in [0, 0.1) is 0 Å². The Morgan fingerprint density at radius 3 is 0.673 bits per heavy atom. The standard InChI is InChI=1S/C27H32O25/c1-41-15(31)25(16(32)42-2,17(33)43-3)50-12(28)10-24(40,14(30)52-27(21(37)47-7,22(38)48-8)23(39)49-9)11-13(29)51-26(18(34)44-4,19(35)45-5)20(36)46-6/h40H,10-11H2,1-9H3. The number of ether oxygens (including phenoxy) is 12. The minimum Gasteiger partial charge on any atom is -0.465 e. The van der Waals surface area contributed by atoms with Crippen molar-refractivity contribution in [2.24, 2.45) is 0 Å². The molecule has 0 aliphatic heterocycles. The van der Waals surface area contributed by atoms with Crippen LogP contribution in [0.25, 0.3) is 0 Å². The molecule has 0 aromatic heterocycles. The first kappa shape index (κ1) is 45.6. The smallest absolute Gasteiger partial charge is 0.400 e. The van der Waals surface area contributed by atoms with E-state index in [-0.39, 0.29) is 0 Å². The molecular formula is C27H32O25. The van der Waals surface area contributed by atoms with E-state index < -0.39 is 107 Å². The molecule has 0 amide bonds. The second-order valence-corrected chi connectivity index (χ2v) is 9.19. The summed E-state index contributed by atoms with van der Waals surface area (Å²) in [6.45, 7) is 0. The summed E-state index contributed by atoms with van der Waals surface area (Å²) in [6, 6.07) is 0. The molecule has 0 heterocycles. The fourth-order valence-corrected chi connectivity index (χ4v) is 3.75. The Bertz CT molecular complexity index is 1290. The van der Waals surface area contributed by atoms with Gasteiger partial charge in [0, 0.05) is 0 Å². The van der Waals surface area contributed by atoms with Gasteiger partial charge >= 0.3 is 88.4 Å². The number of esters is 12. The molecule has 0 unspecified atom stereocenters. The number of carbonyl (C=O) groups is 12. The van der Waals surface area contributed by atoms with Gasteiger partial charge in [0.05, 0.1) is 76.8 Å². The van der Waals surface area contributed by atoms with Crippen LogP contribution < -0.4 is 0 Å². The predicted octanol–water partition coefficient (Wildman–Crippen LogP) is -5.10. The Kier molecular flexibility index (Phi) is 16.3. The van der Waals surface area contributed by atoms with Gasteiger partial charge in [-0.15, -0.1) is 0 Å². The summed E-state index contributed by atoms with van der Waals surface area (Å²) in [5.41, 5.74) is -15.6. The van der Waals surface area contributed by atoms with Gasteiger partial charge in [-0.3, -0.25) is 9.59 Å². The summed E-state index contributed by atoms with van der Waals surface area (Å²) in [4.78, 5) is 154. The SMILES string of the molecule is COC(=O)C(OC(=O)CC(O)(CC(=O)OC(C(=O)OC)(C(=O)OC)C(=O)OC)C(=O)OC(C(=O)OC)(C(=O)OC)C(=O)OC)(C(=O)OC)C(=O)OC. The number of carbonyl (C=O) groups excluding carboxylic acids is 12. The molecule has 0 saturated carbocycles. The summed E-state index contributed by atoms with van der Waals surface area (Å²) in [5, 5.41) is 11.5. The monoisotopic (exact) mass is 756 g/mol. The highest BCUT2D eigenvalue weighted by atomic mass is 16.7.